The Kier molecular flexibility index (Phi) is 5.98. The van der Waals surface area contributed by atoms with Crippen molar-refractivity contribution in [3.8, 4) is 10.7 Å². The summed E-state index contributed by atoms with van der Waals surface area (Å²) in [6, 6.07) is 17.0. The molecule has 1 unspecified atom stereocenters. The summed E-state index contributed by atoms with van der Waals surface area (Å²) >= 11 is 7.73. The molecular weight excluding hydrogens is 468 g/mol. The monoisotopic (exact) mass is 490 g/mol. The first-order chi connectivity index (χ1) is 16.4. The van der Waals surface area contributed by atoms with Crippen LogP contribution in [0.3, 0.4) is 0 Å². The van der Waals surface area contributed by atoms with Gasteiger partial charge in [-0.1, -0.05) is 53.2 Å². The Morgan fingerprint density at radius 2 is 1.94 bits per heavy atom. The summed E-state index contributed by atoms with van der Waals surface area (Å²) in [5.41, 5.74) is 5.76. The lowest BCUT2D eigenvalue weighted by molar-refractivity contribution is 0.203. The van der Waals surface area contributed by atoms with Crippen LogP contribution in [0.25, 0.3) is 16.3 Å². The number of thiophene rings is 1. The van der Waals surface area contributed by atoms with Crippen LogP contribution in [0, 0.1) is 13.8 Å². The fourth-order valence-corrected chi connectivity index (χ4v) is 4.96. The molecule has 4 aromatic rings. The number of aromatic nitrogens is 2. The molecule has 5 rings (SSSR count). The number of nitrogens with zero attached hydrogens (tertiary/aromatic N) is 3. The van der Waals surface area contributed by atoms with Crippen molar-refractivity contribution in [2.75, 3.05) is 0 Å². The summed E-state index contributed by atoms with van der Waals surface area (Å²) in [5.74, 6) is 0.919. The van der Waals surface area contributed by atoms with Gasteiger partial charge in [-0.2, -0.15) is 4.98 Å². The van der Waals surface area contributed by atoms with Crippen LogP contribution in [0.15, 0.2) is 70.2 Å². The fourth-order valence-electron chi connectivity index (χ4n) is 4.10. The highest BCUT2D eigenvalue weighted by Crippen LogP contribution is 2.38. The maximum atomic E-state index is 13.3. The van der Waals surface area contributed by atoms with E-state index in [1.807, 2.05) is 54.8 Å². The van der Waals surface area contributed by atoms with Crippen molar-refractivity contribution in [2.45, 2.75) is 33.4 Å². The van der Waals surface area contributed by atoms with Crippen molar-refractivity contribution in [1.82, 2.24) is 20.4 Å². The molecule has 0 spiro atoms. The maximum absolute atomic E-state index is 13.3. The Morgan fingerprint density at radius 3 is 2.68 bits per heavy atom. The highest BCUT2D eigenvalue weighted by molar-refractivity contribution is 7.13. The Hall–Kier alpha value is -3.42. The van der Waals surface area contributed by atoms with Gasteiger partial charge >= 0.3 is 6.03 Å². The van der Waals surface area contributed by atoms with Gasteiger partial charge in [0.25, 0.3) is 5.89 Å². The Balaban J connectivity index is 1.61. The van der Waals surface area contributed by atoms with Crippen LogP contribution in [-0.4, -0.2) is 21.1 Å². The molecule has 1 aliphatic heterocycles. The van der Waals surface area contributed by atoms with Gasteiger partial charge in [0.1, 0.15) is 0 Å². The summed E-state index contributed by atoms with van der Waals surface area (Å²) < 4.78 is 5.75. The second-order valence-electron chi connectivity index (χ2n) is 8.34. The SMILES string of the molecule is CC1=C(c2nc(-c3cccs3)no2)C(c2ccc(C)c(C)c2)NC(=O)N1Cc1cccc(Cl)c1. The number of rotatable bonds is 5. The number of hydrogen-bond donors (Lipinski definition) is 1. The highest BCUT2D eigenvalue weighted by Gasteiger charge is 2.36. The molecule has 6 nitrogen and oxygen atoms in total. The van der Waals surface area contributed by atoms with E-state index in [2.05, 4.69) is 36.5 Å². The van der Waals surface area contributed by atoms with Gasteiger partial charge in [-0.15, -0.1) is 11.3 Å². The van der Waals surface area contributed by atoms with E-state index in [0.717, 1.165) is 32.8 Å². The molecule has 0 bridgehead atoms. The van der Waals surface area contributed by atoms with E-state index in [0.29, 0.717) is 23.3 Å². The Labute approximate surface area is 206 Å². The number of allylic oxidation sites excluding steroid dienone is 1. The lowest BCUT2D eigenvalue weighted by Crippen LogP contribution is -2.45. The van der Waals surface area contributed by atoms with Crippen molar-refractivity contribution in [3.05, 3.63) is 98.8 Å². The molecule has 1 atom stereocenters. The second-order valence-corrected chi connectivity index (χ2v) is 9.73. The largest absolute Gasteiger partial charge is 0.334 e. The molecule has 2 aromatic heterocycles. The second kappa shape index (κ2) is 9.08. The van der Waals surface area contributed by atoms with Gasteiger partial charge in [0, 0.05) is 10.7 Å². The van der Waals surface area contributed by atoms with Gasteiger partial charge in [0.2, 0.25) is 5.82 Å². The average molecular weight is 491 g/mol. The number of urea groups is 1. The fraction of sp³-hybridized carbons (Fsp3) is 0.192. The van der Waals surface area contributed by atoms with Crippen LogP contribution in [0.2, 0.25) is 5.02 Å². The summed E-state index contributed by atoms with van der Waals surface area (Å²) in [5, 5.41) is 9.97. The lowest BCUT2D eigenvalue weighted by Gasteiger charge is -2.35. The molecule has 1 aliphatic rings. The Morgan fingerprint density at radius 1 is 1.09 bits per heavy atom. The van der Waals surface area contributed by atoms with Crippen LogP contribution in [0.4, 0.5) is 4.79 Å². The van der Waals surface area contributed by atoms with Gasteiger partial charge in [-0.25, -0.2) is 4.79 Å². The third-order valence-corrected chi connectivity index (χ3v) is 7.19. The van der Waals surface area contributed by atoms with Gasteiger partial charge < -0.3 is 9.84 Å². The molecule has 0 saturated carbocycles. The van der Waals surface area contributed by atoms with E-state index in [1.54, 1.807) is 16.2 Å². The standard InChI is InChI=1S/C26H23ClN4O2S/c1-15-9-10-19(12-16(15)2)23-22(25-29-24(30-33-25)21-8-5-11-34-21)17(3)31(26(32)28-23)14-18-6-4-7-20(27)13-18/h4-13,23H,14H2,1-3H3,(H,28,32). The number of aryl methyl sites for hydroxylation is 2. The first-order valence-electron chi connectivity index (χ1n) is 10.9. The minimum atomic E-state index is -0.418. The zero-order chi connectivity index (χ0) is 23.8. The van der Waals surface area contributed by atoms with Crippen molar-refractivity contribution >= 4 is 34.5 Å². The van der Waals surface area contributed by atoms with Gasteiger partial charge in [-0.05, 0) is 66.6 Å². The summed E-state index contributed by atoms with van der Waals surface area (Å²) in [6.45, 7) is 6.42. The molecule has 2 aromatic carbocycles. The van der Waals surface area contributed by atoms with E-state index in [4.69, 9.17) is 21.1 Å². The van der Waals surface area contributed by atoms with E-state index in [-0.39, 0.29) is 6.03 Å². The molecular formula is C26H23ClN4O2S. The van der Waals surface area contributed by atoms with Crippen molar-refractivity contribution in [2.24, 2.45) is 0 Å². The average Bonchev–Trinajstić information content (AvgIpc) is 3.50. The van der Waals surface area contributed by atoms with E-state index in [9.17, 15) is 4.79 Å². The molecule has 2 amide bonds. The molecule has 0 radical (unpaired) electrons. The minimum Gasteiger partial charge on any atom is -0.334 e. The molecule has 0 fully saturated rings. The third kappa shape index (κ3) is 4.24. The summed E-state index contributed by atoms with van der Waals surface area (Å²) in [4.78, 5) is 20.6. The topological polar surface area (TPSA) is 71.3 Å². The number of carbonyl (C=O) groups is 1. The van der Waals surface area contributed by atoms with Gasteiger partial charge in [0.15, 0.2) is 0 Å². The number of nitrogens with one attached hydrogen (secondary N) is 1. The van der Waals surface area contributed by atoms with Crippen molar-refractivity contribution < 1.29 is 9.32 Å². The lowest BCUT2D eigenvalue weighted by atomic mass is 9.92. The Bertz CT molecular complexity index is 1390. The molecule has 8 heteroatoms. The van der Waals surface area contributed by atoms with Crippen molar-refractivity contribution in [1.29, 1.82) is 0 Å². The normalized spacial score (nSPS) is 16.2. The first-order valence-corrected chi connectivity index (χ1v) is 12.1. The van der Waals surface area contributed by atoms with Crippen LogP contribution in [0.1, 0.15) is 41.1 Å². The molecule has 0 aliphatic carbocycles. The smallest absolute Gasteiger partial charge is 0.322 e. The van der Waals surface area contributed by atoms with Crippen LogP contribution >= 0.6 is 22.9 Å². The minimum absolute atomic E-state index is 0.192. The quantitative estimate of drug-likeness (QED) is 0.335. The maximum Gasteiger partial charge on any atom is 0.322 e. The summed E-state index contributed by atoms with van der Waals surface area (Å²) in [6.07, 6.45) is 0. The van der Waals surface area contributed by atoms with E-state index >= 15 is 0 Å². The summed E-state index contributed by atoms with van der Waals surface area (Å²) in [7, 11) is 0. The zero-order valence-electron chi connectivity index (χ0n) is 19.0. The first kappa shape index (κ1) is 22.4. The van der Waals surface area contributed by atoms with Gasteiger partial charge in [-0.3, -0.25) is 4.90 Å². The highest BCUT2D eigenvalue weighted by atomic mass is 35.5. The zero-order valence-corrected chi connectivity index (χ0v) is 20.6. The van der Waals surface area contributed by atoms with Crippen molar-refractivity contribution in [3.63, 3.8) is 0 Å². The number of benzene rings is 2. The van der Waals surface area contributed by atoms with Crippen LogP contribution in [0.5, 0.6) is 0 Å². The van der Waals surface area contributed by atoms with E-state index < -0.39 is 6.04 Å². The van der Waals surface area contributed by atoms with Gasteiger partial charge in [0.05, 0.1) is 23.0 Å². The molecule has 0 saturated heterocycles. The van der Waals surface area contributed by atoms with Crippen LogP contribution < -0.4 is 5.32 Å². The molecule has 34 heavy (non-hydrogen) atoms. The molecule has 172 valence electrons. The number of carbonyl (C=O) groups excluding carboxylic acids is 1. The number of amides is 2. The van der Waals surface area contributed by atoms with Crippen LogP contribution in [-0.2, 0) is 6.54 Å². The third-order valence-electron chi connectivity index (χ3n) is 6.09. The molecule has 1 N–H and O–H groups in total. The van der Waals surface area contributed by atoms with E-state index in [1.165, 1.54) is 5.56 Å². The predicted octanol–water partition coefficient (Wildman–Crippen LogP) is 6.77. The number of halogens is 1. The number of hydrogen-bond acceptors (Lipinski definition) is 5. The predicted molar refractivity (Wildman–Crippen MR) is 134 cm³/mol. The molecule has 3 heterocycles.